The predicted octanol–water partition coefficient (Wildman–Crippen LogP) is 4.12. The molecular formula is C23H27ClN2O5S. The first kappa shape index (κ1) is 22.9. The highest BCUT2D eigenvalue weighted by Gasteiger charge is 2.33. The van der Waals surface area contributed by atoms with Gasteiger partial charge in [0.15, 0.2) is 11.5 Å². The van der Waals surface area contributed by atoms with Gasteiger partial charge in [-0.3, -0.25) is 4.79 Å². The summed E-state index contributed by atoms with van der Waals surface area (Å²) >= 11 is 6.24. The molecule has 172 valence electrons. The molecule has 0 unspecified atom stereocenters. The van der Waals surface area contributed by atoms with Crippen molar-refractivity contribution in [2.45, 2.75) is 37.6 Å². The standard InChI is InChI=1S/C23H27ClN2O5S/c1-3-25(4-2)32(28,29)22-15-17(7-9-18(22)24)23(27)26-11-5-6-19(26)16-8-10-20-21(14-16)31-13-12-30-20/h7-10,14-15,19H,3-6,11-13H2,1-2H3/t19-/m0/s1. The van der Waals surface area contributed by atoms with Gasteiger partial charge < -0.3 is 14.4 Å². The fourth-order valence-corrected chi connectivity index (χ4v) is 6.28. The molecule has 2 heterocycles. The number of rotatable bonds is 6. The van der Waals surface area contributed by atoms with Gasteiger partial charge in [0.05, 0.1) is 11.1 Å². The second-order valence-corrected chi connectivity index (χ2v) is 10.1. The molecular weight excluding hydrogens is 452 g/mol. The summed E-state index contributed by atoms with van der Waals surface area (Å²) < 4.78 is 38.7. The van der Waals surface area contributed by atoms with Crippen LogP contribution in [-0.4, -0.2) is 56.4 Å². The Balaban J connectivity index is 1.64. The van der Waals surface area contributed by atoms with Crippen LogP contribution in [0.3, 0.4) is 0 Å². The van der Waals surface area contributed by atoms with Crippen molar-refractivity contribution in [2.24, 2.45) is 0 Å². The number of halogens is 1. The van der Waals surface area contributed by atoms with Gasteiger partial charge in [0, 0.05) is 25.2 Å². The Hall–Kier alpha value is -2.29. The summed E-state index contributed by atoms with van der Waals surface area (Å²) in [6, 6.07) is 10.1. The highest BCUT2D eigenvalue weighted by molar-refractivity contribution is 7.89. The minimum Gasteiger partial charge on any atom is -0.486 e. The number of benzene rings is 2. The largest absolute Gasteiger partial charge is 0.486 e. The summed E-state index contributed by atoms with van der Waals surface area (Å²) in [6.45, 7) is 5.81. The van der Waals surface area contributed by atoms with Crippen molar-refractivity contribution in [1.29, 1.82) is 0 Å². The molecule has 2 aromatic carbocycles. The Morgan fingerprint density at radius 3 is 2.53 bits per heavy atom. The highest BCUT2D eigenvalue weighted by atomic mass is 35.5. The summed E-state index contributed by atoms with van der Waals surface area (Å²) in [4.78, 5) is 15.2. The Morgan fingerprint density at radius 1 is 1.09 bits per heavy atom. The van der Waals surface area contributed by atoms with Gasteiger partial charge in [-0.2, -0.15) is 4.31 Å². The minimum absolute atomic E-state index is 0.0382. The summed E-state index contributed by atoms with van der Waals surface area (Å²) in [5, 5.41) is 0.109. The van der Waals surface area contributed by atoms with E-state index in [9.17, 15) is 13.2 Å². The van der Waals surface area contributed by atoms with E-state index in [4.69, 9.17) is 21.1 Å². The first-order chi connectivity index (χ1) is 15.4. The third kappa shape index (κ3) is 4.19. The number of amides is 1. The van der Waals surface area contributed by atoms with Crippen molar-refractivity contribution in [2.75, 3.05) is 32.8 Å². The lowest BCUT2D eigenvalue weighted by molar-refractivity contribution is 0.0735. The van der Waals surface area contributed by atoms with Crippen molar-refractivity contribution >= 4 is 27.5 Å². The molecule has 0 aromatic heterocycles. The smallest absolute Gasteiger partial charge is 0.254 e. The number of carbonyl (C=O) groups excluding carboxylic acids is 1. The second-order valence-electron chi connectivity index (χ2n) is 7.79. The third-order valence-corrected chi connectivity index (χ3v) is 8.50. The summed E-state index contributed by atoms with van der Waals surface area (Å²) in [7, 11) is -3.79. The predicted molar refractivity (Wildman–Crippen MR) is 122 cm³/mol. The van der Waals surface area contributed by atoms with Crippen LogP contribution in [-0.2, 0) is 10.0 Å². The number of nitrogens with zero attached hydrogens (tertiary/aromatic N) is 2. The van der Waals surface area contributed by atoms with E-state index in [2.05, 4.69) is 0 Å². The molecule has 2 aliphatic rings. The van der Waals surface area contributed by atoms with Crippen LogP contribution in [0, 0.1) is 0 Å². The van der Waals surface area contributed by atoms with Gasteiger partial charge in [-0.15, -0.1) is 0 Å². The molecule has 2 aliphatic heterocycles. The maximum Gasteiger partial charge on any atom is 0.254 e. The van der Waals surface area contributed by atoms with Crippen LogP contribution in [0.4, 0.5) is 0 Å². The molecule has 1 atom stereocenters. The van der Waals surface area contributed by atoms with E-state index in [1.807, 2.05) is 18.2 Å². The van der Waals surface area contributed by atoms with Crippen molar-refractivity contribution in [3.05, 3.63) is 52.5 Å². The molecule has 0 spiro atoms. The van der Waals surface area contributed by atoms with Gasteiger partial charge in [0.1, 0.15) is 18.1 Å². The number of fused-ring (bicyclic) bond motifs is 1. The molecule has 1 saturated heterocycles. The van der Waals surface area contributed by atoms with Gasteiger partial charge >= 0.3 is 0 Å². The van der Waals surface area contributed by atoms with Crippen molar-refractivity contribution in [3.63, 3.8) is 0 Å². The van der Waals surface area contributed by atoms with E-state index in [0.29, 0.717) is 49.9 Å². The number of likely N-dealkylation sites (tertiary alicyclic amines) is 1. The lowest BCUT2D eigenvalue weighted by Gasteiger charge is -2.27. The molecule has 1 fully saturated rings. The van der Waals surface area contributed by atoms with Crippen molar-refractivity contribution < 1.29 is 22.7 Å². The van der Waals surface area contributed by atoms with Crippen LogP contribution >= 0.6 is 11.6 Å². The molecule has 0 aliphatic carbocycles. The molecule has 9 heteroatoms. The topological polar surface area (TPSA) is 76.2 Å². The van der Waals surface area contributed by atoms with E-state index in [1.165, 1.54) is 16.4 Å². The normalized spacial score (nSPS) is 18.2. The number of ether oxygens (including phenoxy) is 2. The van der Waals surface area contributed by atoms with Gasteiger partial charge in [-0.05, 0) is 48.7 Å². The first-order valence-corrected chi connectivity index (χ1v) is 12.7. The summed E-state index contributed by atoms with van der Waals surface area (Å²) in [6.07, 6.45) is 1.69. The van der Waals surface area contributed by atoms with Crippen LogP contribution in [0.2, 0.25) is 5.02 Å². The maximum absolute atomic E-state index is 13.4. The highest BCUT2D eigenvalue weighted by Crippen LogP contribution is 2.39. The molecule has 0 bridgehead atoms. The van der Waals surface area contributed by atoms with Crippen LogP contribution in [0.5, 0.6) is 11.5 Å². The molecule has 4 rings (SSSR count). The van der Waals surface area contributed by atoms with E-state index >= 15 is 0 Å². The van der Waals surface area contributed by atoms with Gasteiger partial charge in [0.2, 0.25) is 10.0 Å². The van der Waals surface area contributed by atoms with Crippen LogP contribution < -0.4 is 9.47 Å². The molecule has 0 saturated carbocycles. The van der Waals surface area contributed by atoms with Crippen LogP contribution in [0.1, 0.15) is 48.7 Å². The SMILES string of the molecule is CCN(CC)S(=O)(=O)c1cc(C(=O)N2CCC[C@H]2c2ccc3c(c2)OCCO3)ccc1Cl. The van der Waals surface area contributed by atoms with Gasteiger partial charge in [0.25, 0.3) is 5.91 Å². The number of carbonyl (C=O) groups is 1. The fraction of sp³-hybridized carbons (Fsp3) is 0.435. The average Bonchev–Trinajstić information content (AvgIpc) is 3.29. The van der Waals surface area contributed by atoms with E-state index in [-0.39, 0.29) is 21.9 Å². The zero-order valence-electron chi connectivity index (χ0n) is 18.2. The maximum atomic E-state index is 13.4. The first-order valence-electron chi connectivity index (χ1n) is 10.9. The van der Waals surface area contributed by atoms with E-state index in [0.717, 1.165) is 18.4 Å². The fourth-order valence-electron chi connectivity index (χ4n) is 4.33. The third-order valence-electron chi connectivity index (χ3n) is 5.97. The summed E-state index contributed by atoms with van der Waals surface area (Å²) in [5.74, 6) is 1.18. The van der Waals surface area contributed by atoms with Gasteiger partial charge in [-0.1, -0.05) is 31.5 Å². The molecule has 32 heavy (non-hydrogen) atoms. The monoisotopic (exact) mass is 478 g/mol. The van der Waals surface area contributed by atoms with E-state index in [1.54, 1.807) is 24.8 Å². The quantitative estimate of drug-likeness (QED) is 0.624. The van der Waals surface area contributed by atoms with Crippen molar-refractivity contribution in [3.8, 4) is 11.5 Å². The van der Waals surface area contributed by atoms with Crippen molar-refractivity contribution in [1.82, 2.24) is 9.21 Å². The number of hydrogen-bond acceptors (Lipinski definition) is 5. The minimum atomic E-state index is -3.79. The lowest BCUT2D eigenvalue weighted by atomic mass is 10.0. The Bertz CT molecular complexity index is 1120. The number of hydrogen-bond donors (Lipinski definition) is 0. The van der Waals surface area contributed by atoms with Crippen LogP contribution in [0.15, 0.2) is 41.3 Å². The Kier molecular flexibility index (Phi) is 6.65. The molecule has 1 amide bonds. The van der Waals surface area contributed by atoms with Gasteiger partial charge in [-0.25, -0.2) is 8.42 Å². The lowest BCUT2D eigenvalue weighted by Crippen LogP contribution is -2.32. The zero-order chi connectivity index (χ0) is 22.9. The second kappa shape index (κ2) is 9.29. The number of sulfonamides is 1. The molecule has 0 N–H and O–H groups in total. The van der Waals surface area contributed by atoms with E-state index < -0.39 is 10.0 Å². The molecule has 2 aromatic rings. The Labute approximate surface area is 193 Å². The average molecular weight is 479 g/mol. The zero-order valence-corrected chi connectivity index (χ0v) is 19.8. The molecule has 7 nitrogen and oxygen atoms in total. The Morgan fingerprint density at radius 2 is 1.81 bits per heavy atom. The molecule has 0 radical (unpaired) electrons. The van der Waals surface area contributed by atoms with Crippen LogP contribution in [0.25, 0.3) is 0 Å². The summed E-state index contributed by atoms with van der Waals surface area (Å²) in [5.41, 5.74) is 1.29.